The number of hydrogen-bond acceptors (Lipinski definition) is 4. The van der Waals surface area contributed by atoms with Crippen LogP contribution in [0.1, 0.15) is 40.0 Å². The molecule has 0 aromatic heterocycles. The van der Waals surface area contributed by atoms with Crippen molar-refractivity contribution in [2.75, 3.05) is 12.9 Å². The van der Waals surface area contributed by atoms with Gasteiger partial charge in [-0.2, -0.15) is 0 Å². The highest BCUT2D eigenvalue weighted by Gasteiger charge is 2.42. The molecule has 2 atom stereocenters. The van der Waals surface area contributed by atoms with E-state index in [1.165, 1.54) is 31.0 Å². The molecule has 1 fully saturated rings. The second-order valence-corrected chi connectivity index (χ2v) is 13.0. The zero-order valence-corrected chi connectivity index (χ0v) is 15.7. The van der Waals surface area contributed by atoms with Crippen LogP contribution in [0.25, 0.3) is 0 Å². The zero-order chi connectivity index (χ0) is 14.7. The van der Waals surface area contributed by atoms with Gasteiger partial charge in [-0.1, -0.05) is 39.0 Å². The van der Waals surface area contributed by atoms with E-state index in [1.54, 1.807) is 0 Å². The fourth-order valence-corrected chi connectivity index (χ4v) is 3.81. The number of thioether (sulfide) groups is 1. The minimum absolute atomic E-state index is 0.273. The molecule has 1 unspecified atom stereocenters. The molecule has 1 aliphatic rings. The molecule has 5 heteroatoms. The average molecular weight is 321 g/mol. The van der Waals surface area contributed by atoms with Crippen molar-refractivity contribution in [3.63, 3.8) is 0 Å². The number of hydrogen-bond donors (Lipinski definition) is 0. The molecule has 0 aromatic rings. The maximum absolute atomic E-state index is 6.55. The smallest absolute Gasteiger partial charge is 0.219 e. The fourth-order valence-electron chi connectivity index (χ4n) is 2.14. The zero-order valence-electron chi connectivity index (χ0n) is 13.1. The fraction of sp³-hybridized carbons (Fsp3) is 0.929. The van der Waals surface area contributed by atoms with Crippen LogP contribution in [-0.2, 0) is 9.16 Å². The van der Waals surface area contributed by atoms with E-state index in [0.717, 1.165) is 6.61 Å². The van der Waals surface area contributed by atoms with E-state index in [-0.39, 0.29) is 5.04 Å². The lowest BCUT2D eigenvalue weighted by atomic mass is 10.1. The predicted octanol–water partition coefficient (Wildman–Crippen LogP) is 4.84. The van der Waals surface area contributed by atoms with E-state index in [0.29, 0.717) is 16.4 Å². The summed E-state index contributed by atoms with van der Waals surface area (Å²) in [4.78, 5) is 0. The van der Waals surface area contributed by atoms with Crippen molar-refractivity contribution in [2.45, 2.75) is 64.3 Å². The Labute approximate surface area is 129 Å². The van der Waals surface area contributed by atoms with E-state index in [9.17, 15) is 0 Å². The van der Waals surface area contributed by atoms with Crippen LogP contribution < -0.4 is 0 Å². The molecule has 2 nitrogen and oxygen atoms in total. The molecule has 1 saturated carbocycles. The van der Waals surface area contributed by atoms with Crippen molar-refractivity contribution < 1.29 is 9.16 Å². The van der Waals surface area contributed by atoms with Crippen molar-refractivity contribution in [3.05, 3.63) is 0 Å². The quantitative estimate of drug-likeness (QED) is 0.544. The van der Waals surface area contributed by atoms with Crippen LogP contribution in [0.3, 0.4) is 0 Å². The lowest BCUT2D eigenvalue weighted by Crippen LogP contribution is -2.45. The van der Waals surface area contributed by atoms with Gasteiger partial charge in [0.2, 0.25) is 4.38 Å². The first-order valence-electron chi connectivity index (χ1n) is 7.06. The molecule has 0 aromatic carbocycles. The van der Waals surface area contributed by atoms with Gasteiger partial charge in [0.25, 0.3) is 0 Å². The molecule has 1 aliphatic carbocycles. The third kappa shape index (κ3) is 5.03. The molecule has 0 saturated heterocycles. The second kappa shape index (κ2) is 6.92. The summed E-state index contributed by atoms with van der Waals surface area (Å²) in [6.07, 6.45) is 5.95. The number of ether oxygens (including phenoxy) is 1. The largest absolute Gasteiger partial charge is 0.478 e. The molecule has 0 amide bonds. The molecule has 0 heterocycles. The average Bonchev–Trinajstić information content (AvgIpc) is 2.71. The van der Waals surface area contributed by atoms with Crippen LogP contribution in [0.5, 0.6) is 0 Å². The highest BCUT2D eigenvalue weighted by atomic mass is 32.2. The van der Waals surface area contributed by atoms with Gasteiger partial charge in [0, 0.05) is 5.92 Å². The summed E-state index contributed by atoms with van der Waals surface area (Å²) in [5.41, 5.74) is 0. The van der Waals surface area contributed by atoms with E-state index >= 15 is 0 Å². The van der Waals surface area contributed by atoms with Crippen LogP contribution in [0, 0.1) is 5.92 Å². The Balaban J connectivity index is 2.55. The number of rotatable bonds is 4. The maximum Gasteiger partial charge on any atom is 0.219 e. The molecule has 0 spiro atoms. The minimum Gasteiger partial charge on any atom is -0.478 e. The summed E-state index contributed by atoms with van der Waals surface area (Å²) in [7, 11) is -1.67. The van der Waals surface area contributed by atoms with Crippen molar-refractivity contribution in [2.24, 2.45) is 5.92 Å². The summed E-state index contributed by atoms with van der Waals surface area (Å²) in [5.74, 6) is 0.513. The first-order chi connectivity index (χ1) is 8.67. The van der Waals surface area contributed by atoms with Crippen molar-refractivity contribution in [1.82, 2.24) is 0 Å². The normalized spacial score (nSPS) is 24.5. The van der Waals surface area contributed by atoms with Crippen LogP contribution in [-0.4, -0.2) is 31.7 Å². The van der Waals surface area contributed by atoms with Crippen LogP contribution >= 0.6 is 24.0 Å². The Morgan fingerprint density at radius 3 is 2.47 bits per heavy atom. The van der Waals surface area contributed by atoms with Crippen molar-refractivity contribution in [3.8, 4) is 0 Å². The summed E-state index contributed by atoms with van der Waals surface area (Å²) >= 11 is 6.61. The molecule has 19 heavy (non-hydrogen) atoms. The summed E-state index contributed by atoms with van der Waals surface area (Å²) in [6, 6.07) is 0. The van der Waals surface area contributed by atoms with E-state index < -0.39 is 8.32 Å². The molecular formula is C14H28O2S2Si. The van der Waals surface area contributed by atoms with E-state index in [4.69, 9.17) is 21.4 Å². The van der Waals surface area contributed by atoms with Crippen molar-refractivity contribution in [1.29, 1.82) is 0 Å². The van der Waals surface area contributed by atoms with Crippen LogP contribution in [0.2, 0.25) is 18.1 Å². The van der Waals surface area contributed by atoms with Crippen LogP contribution in [0.4, 0.5) is 0 Å². The van der Waals surface area contributed by atoms with Gasteiger partial charge in [-0.15, -0.1) is 0 Å². The standard InChI is InChI=1S/C14H28O2S2Si/c1-14(2,3)19(5,6)16-12-9-7-8-11(12)10-15-13(17)18-4/h11-12H,7-10H2,1-6H3/t11-,12?/m1/s1. The lowest BCUT2D eigenvalue weighted by Gasteiger charge is -2.39. The predicted molar refractivity (Wildman–Crippen MR) is 91.5 cm³/mol. The van der Waals surface area contributed by atoms with Gasteiger partial charge in [-0.25, -0.2) is 0 Å². The lowest BCUT2D eigenvalue weighted by molar-refractivity contribution is 0.105. The molecule has 0 bridgehead atoms. The van der Waals surface area contributed by atoms with Gasteiger partial charge in [0.15, 0.2) is 8.32 Å². The van der Waals surface area contributed by atoms with E-state index in [1.807, 2.05) is 6.26 Å². The van der Waals surface area contributed by atoms with Crippen LogP contribution in [0.15, 0.2) is 0 Å². The maximum atomic E-state index is 6.55. The minimum atomic E-state index is -1.67. The Hall–Kier alpha value is 0.417. The molecule has 0 radical (unpaired) electrons. The molecule has 112 valence electrons. The Bertz CT molecular complexity index is 313. The molecule has 0 N–H and O–H groups in total. The van der Waals surface area contributed by atoms with Gasteiger partial charge in [-0.3, -0.25) is 0 Å². The third-order valence-electron chi connectivity index (χ3n) is 4.42. The van der Waals surface area contributed by atoms with Crippen molar-refractivity contribution >= 4 is 36.7 Å². The Kier molecular flexibility index (Phi) is 6.36. The van der Waals surface area contributed by atoms with Gasteiger partial charge in [0.05, 0.1) is 12.7 Å². The molecule has 0 aliphatic heterocycles. The monoisotopic (exact) mass is 320 g/mol. The number of thiocarbonyl (C=S) groups is 1. The third-order valence-corrected chi connectivity index (χ3v) is 10.00. The van der Waals surface area contributed by atoms with E-state index in [2.05, 4.69) is 33.9 Å². The second-order valence-electron chi connectivity index (χ2n) is 6.87. The first-order valence-corrected chi connectivity index (χ1v) is 11.6. The highest BCUT2D eigenvalue weighted by Crippen LogP contribution is 2.40. The highest BCUT2D eigenvalue weighted by molar-refractivity contribution is 8.22. The Morgan fingerprint density at radius 2 is 1.95 bits per heavy atom. The first kappa shape index (κ1) is 17.5. The van der Waals surface area contributed by atoms with Gasteiger partial charge >= 0.3 is 0 Å². The summed E-state index contributed by atoms with van der Waals surface area (Å²) in [6.45, 7) is 12.3. The topological polar surface area (TPSA) is 18.5 Å². The summed E-state index contributed by atoms with van der Waals surface area (Å²) < 4.78 is 12.8. The van der Waals surface area contributed by atoms with Gasteiger partial charge in [-0.05, 0) is 49.4 Å². The van der Waals surface area contributed by atoms with Gasteiger partial charge in [0.1, 0.15) is 0 Å². The molecular weight excluding hydrogens is 292 g/mol. The molecule has 1 rings (SSSR count). The Morgan fingerprint density at radius 1 is 1.32 bits per heavy atom. The summed E-state index contributed by atoms with van der Waals surface area (Å²) in [5, 5.41) is 0.273. The van der Waals surface area contributed by atoms with Gasteiger partial charge < -0.3 is 9.16 Å². The SMILES string of the molecule is CSC(=S)OC[C@H]1CCCC1O[Si](C)(C)C(C)(C)C.